The van der Waals surface area contributed by atoms with Crippen LogP contribution in [0.4, 0.5) is 0 Å². The van der Waals surface area contributed by atoms with Crippen molar-refractivity contribution in [2.75, 3.05) is 13.2 Å². The first-order chi connectivity index (χ1) is 10.0. The SMILES string of the molecule is CC(NCC(C)(C)CCO)c1nc(-c2ccccc2)cs1. The highest BCUT2D eigenvalue weighted by molar-refractivity contribution is 7.10. The molecule has 1 aromatic heterocycles. The van der Waals surface area contributed by atoms with Crippen molar-refractivity contribution in [3.63, 3.8) is 0 Å². The predicted octanol–water partition coefficient (Wildman–Crippen LogP) is 3.87. The number of hydrogen-bond donors (Lipinski definition) is 2. The van der Waals surface area contributed by atoms with Crippen molar-refractivity contribution >= 4 is 11.3 Å². The molecule has 1 aromatic carbocycles. The third-order valence-corrected chi connectivity index (χ3v) is 4.66. The second-order valence-corrected chi connectivity index (χ2v) is 7.07. The second kappa shape index (κ2) is 7.16. The number of nitrogens with zero attached hydrogens (tertiary/aromatic N) is 1. The number of aliphatic hydroxyl groups excluding tert-OH is 1. The second-order valence-electron chi connectivity index (χ2n) is 6.18. The zero-order valence-electron chi connectivity index (χ0n) is 13.0. The standard InChI is InChI=1S/C17H24N2OS/c1-13(18-12-17(2,3)9-10-20)16-19-15(11-21-16)14-7-5-4-6-8-14/h4-8,11,13,18,20H,9-10,12H2,1-3H3. The summed E-state index contributed by atoms with van der Waals surface area (Å²) in [5, 5.41) is 15.8. The van der Waals surface area contributed by atoms with Gasteiger partial charge in [0.1, 0.15) is 5.01 Å². The fraction of sp³-hybridized carbons (Fsp3) is 0.471. The van der Waals surface area contributed by atoms with Gasteiger partial charge in [-0.3, -0.25) is 0 Å². The minimum absolute atomic E-state index is 0.0997. The van der Waals surface area contributed by atoms with E-state index in [0.717, 1.165) is 29.2 Å². The minimum atomic E-state index is 0.0997. The Kier molecular flexibility index (Phi) is 5.51. The van der Waals surface area contributed by atoms with Gasteiger partial charge in [-0.1, -0.05) is 44.2 Å². The van der Waals surface area contributed by atoms with Crippen molar-refractivity contribution in [2.24, 2.45) is 5.41 Å². The first-order valence-electron chi connectivity index (χ1n) is 7.37. The summed E-state index contributed by atoms with van der Waals surface area (Å²) in [5.41, 5.74) is 2.30. The minimum Gasteiger partial charge on any atom is -0.396 e. The Morgan fingerprint density at radius 3 is 2.67 bits per heavy atom. The number of aliphatic hydroxyl groups is 1. The number of rotatable bonds is 7. The molecule has 0 bridgehead atoms. The molecule has 21 heavy (non-hydrogen) atoms. The van der Waals surface area contributed by atoms with Crippen LogP contribution in [0.3, 0.4) is 0 Å². The predicted molar refractivity (Wildman–Crippen MR) is 89.5 cm³/mol. The van der Waals surface area contributed by atoms with E-state index in [1.54, 1.807) is 11.3 Å². The van der Waals surface area contributed by atoms with Crippen LogP contribution in [-0.2, 0) is 0 Å². The lowest BCUT2D eigenvalue weighted by atomic mass is 9.89. The van der Waals surface area contributed by atoms with Crippen molar-refractivity contribution in [3.05, 3.63) is 40.7 Å². The molecule has 2 rings (SSSR count). The van der Waals surface area contributed by atoms with Crippen LogP contribution in [0.1, 0.15) is 38.2 Å². The maximum absolute atomic E-state index is 9.08. The van der Waals surface area contributed by atoms with Gasteiger partial charge in [0.25, 0.3) is 0 Å². The van der Waals surface area contributed by atoms with Crippen molar-refractivity contribution < 1.29 is 5.11 Å². The lowest BCUT2D eigenvalue weighted by molar-refractivity contribution is 0.203. The molecule has 114 valence electrons. The molecule has 0 aliphatic heterocycles. The van der Waals surface area contributed by atoms with Crippen molar-refractivity contribution in [3.8, 4) is 11.3 Å². The summed E-state index contributed by atoms with van der Waals surface area (Å²) in [6.45, 7) is 7.58. The van der Waals surface area contributed by atoms with E-state index in [1.165, 1.54) is 0 Å². The van der Waals surface area contributed by atoms with Gasteiger partial charge in [0.15, 0.2) is 0 Å². The molecule has 1 heterocycles. The van der Waals surface area contributed by atoms with E-state index in [-0.39, 0.29) is 18.1 Å². The summed E-state index contributed by atoms with van der Waals surface area (Å²) in [6, 6.07) is 10.5. The molecule has 0 amide bonds. The lowest BCUT2D eigenvalue weighted by Crippen LogP contribution is -2.32. The highest BCUT2D eigenvalue weighted by atomic mass is 32.1. The average Bonchev–Trinajstić information content (AvgIpc) is 2.96. The van der Waals surface area contributed by atoms with Crippen LogP contribution in [0.25, 0.3) is 11.3 Å². The van der Waals surface area contributed by atoms with E-state index in [1.807, 2.05) is 18.2 Å². The molecule has 1 atom stereocenters. The highest BCUT2D eigenvalue weighted by Gasteiger charge is 2.19. The Bertz CT molecular complexity index is 551. The summed E-state index contributed by atoms with van der Waals surface area (Å²) in [6.07, 6.45) is 0.805. The lowest BCUT2D eigenvalue weighted by Gasteiger charge is -2.25. The van der Waals surface area contributed by atoms with Crippen LogP contribution in [-0.4, -0.2) is 23.2 Å². The Labute approximate surface area is 131 Å². The molecule has 3 nitrogen and oxygen atoms in total. The van der Waals surface area contributed by atoms with E-state index in [9.17, 15) is 0 Å². The third kappa shape index (κ3) is 4.63. The van der Waals surface area contributed by atoms with Crippen LogP contribution >= 0.6 is 11.3 Å². The summed E-state index contributed by atoms with van der Waals surface area (Å²) in [4.78, 5) is 4.73. The van der Waals surface area contributed by atoms with Crippen LogP contribution in [0.15, 0.2) is 35.7 Å². The summed E-state index contributed by atoms with van der Waals surface area (Å²) in [7, 11) is 0. The number of benzene rings is 1. The highest BCUT2D eigenvalue weighted by Crippen LogP contribution is 2.26. The van der Waals surface area contributed by atoms with Gasteiger partial charge in [-0.15, -0.1) is 11.3 Å². The molecule has 0 aliphatic rings. The van der Waals surface area contributed by atoms with Gasteiger partial charge >= 0.3 is 0 Å². The molecule has 0 fully saturated rings. The van der Waals surface area contributed by atoms with E-state index in [2.05, 4.69) is 43.6 Å². The van der Waals surface area contributed by atoms with Gasteiger partial charge in [-0.05, 0) is 18.8 Å². The van der Waals surface area contributed by atoms with E-state index >= 15 is 0 Å². The molecule has 0 spiro atoms. The monoisotopic (exact) mass is 304 g/mol. The molecular formula is C17H24N2OS. The van der Waals surface area contributed by atoms with Crippen molar-refractivity contribution in [1.29, 1.82) is 0 Å². The average molecular weight is 304 g/mol. The topological polar surface area (TPSA) is 45.1 Å². The van der Waals surface area contributed by atoms with Gasteiger partial charge < -0.3 is 10.4 Å². The Hall–Kier alpha value is -1.23. The van der Waals surface area contributed by atoms with Crippen LogP contribution in [0.2, 0.25) is 0 Å². The smallest absolute Gasteiger partial charge is 0.110 e. The molecule has 0 aliphatic carbocycles. The van der Waals surface area contributed by atoms with E-state index in [4.69, 9.17) is 10.1 Å². The van der Waals surface area contributed by atoms with Gasteiger partial charge in [0.2, 0.25) is 0 Å². The first kappa shape index (κ1) is 16.1. The van der Waals surface area contributed by atoms with E-state index < -0.39 is 0 Å². The fourth-order valence-electron chi connectivity index (χ4n) is 2.14. The zero-order valence-corrected chi connectivity index (χ0v) is 13.8. The van der Waals surface area contributed by atoms with Gasteiger partial charge in [0.05, 0.1) is 11.7 Å². The molecule has 0 saturated carbocycles. The molecule has 0 radical (unpaired) electrons. The number of nitrogens with one attached hydrogen (secondary N) is 1. The van der Waals surface area contributed by atoms with Crippen LogP contribution < -0.4 is 5.32 Å². The largest absolute Gasteiger partial charge is 0.396 e. The maximum Gasteiger partial charge on any atom is 0.110 e. The summed E-state index contributed by atoms with van der Waals surface area (Å²) >= 11 is 1.69. The molecule has 2 N–H and O–H groups in total. The number of aromatic nitrogens is 1. The van der Waals surface area contributed by atoms with Crippen LogP contribution in [0.5, 0.6) is 0 Å². The first-order valence-corrected chi connectivity index (χ1v) is 8.25. The van der Waals surface area contributed by atoms with Gasteiger partial charge in [-0.25, -0.2) is 4.98 Å². The normalized spacial score (nSPS) is 13.3. The molecular weight excluding hydrogens is 280 g/mol. The number of hydrogen-bond acceptors (Lipinski definition) is 4. The van der Waals surface area contributed by atoms with E-state index in [0.29, 0.717) is 0 Å². The molecule has 1 unspecified atom stereocenters. The summed E-state index contributed by atoms with van der Waals surface area (Å²) < 4.78 is 0. The van der Waals surface area contributed by atoms with Crippen LogP contribution in [0, 0.1) is 5.41 Å². The number of thiazole rings is 1. The van der Waals surface area contributed by atoms with Gasteiger partial charge in [0, 0.05) is 24.1 Å². The third-order valence-electron chi connectivity index (χ3n) is 3.64. The summed E-state index contributed by atoms with van der Waals surface area (Å²) in [5.74, 6) is 0. The van der Waals surface area contributed by atoms with Crippen molar-refractivity contribution in [2.45, 2.75) is 33.2 Å². The zero-order chi connectivity index (χ0) is 15.3. The Balaban J connectivity index is 1.98. The quantitative estimate of drug-likeness (QED) is 0.816. The molecule has 0 saturated heterocycles. The molecule has 4 heteroatoms. The Morgan fingerprint density at radius 1 is 1.29 bits per heavy atom. The van der Waals surface area contributed by atoms with Gasteiger partial charge in [-0.2, -0.15) is 0 Å². The fourth-order valence-corrected chi connectivity index (χ4v) is 3.00. The van der Waals surface area contributed by atoms with Crippen molar-refractivity contribution in [1.82, 2.24) is 10.3 Å². The Morgan fingerprint density at radius 2 is 2.00 bits per heavy atom. The molecule has 2 aromatic rings. The maximum atomic E-state index is 9.08.